The Kier molecular flexibility index (Phi) is 6.27. The van der Waals surface area contributed by atoms with Gasteiger partial charge in [-0.2, -0.15) is 0 Å². The van der Waals surface area contributed by atoms with E-state index in [1.54, 1.807) is 0 Å². The molecular weight excluding hydrogens is 254 g/mol. The molecule has 0 aliphatic heterocycles. The standard InChI is InChI=1S/C15H29N3S/c1-8-16-9-13-14(11(4)5)17-15(19-13)18(7)12(6)10(2)3/h10-12,16H,8-9H2,1-7H3. The quantitative estimate of drug-likeness (QED) is 0.823. The number of aromatic nitrogens is 1. The molecule has 0 saturated heterocycles. The molecule has 0 aliphatic rings. The van der Waals surface area contributed by atoms with Crippen LogP contribution in [0.25, 0.3) is 0 Å². The Balaban J connectivity index is 2.96. The Morgan fingerprint density at radius 2 is 1.84 bits per heavy atom. The molecule has 1 aromatic heterocycles. The van der Waals surface area contributed by atoms with Crippen molar-refractivity contribution < 1.29 is 0 Å². The van der Waals surface area contributed by atoms with E-state index in [-0.39, 0.29) is 0 Å². The summed E-state index contributed by atoms with van der Waals surface area (Å²) in [6.45, 7) is 15.3. The number of thiazole rings is 1. The highest BCUT2D eigenvalue weighted by Gasteiger charge is 2.20. The van der Waals surface area contributed by atoms with Crippen molar-refractivity contribution in [3.05, 3.63) is 10.6 Å². The first-order valence-electron chi connectivity index (χ1n) is 7.31. The maximum atomic E-state index is 4.87. The van der Waals surface area contributed by atoms with Gasteiger partial charge in [-0.1, -0.05) is 34.6 Å². The van der Waals surface area contributed by atoms with Gasteiger partial charge in [-0.05, 0) is 25.3 Å². The average Bonchev–Trinajstić information content (AvgIpc) is 2.78. The van der Waals surface area contributed by atoms with E-state index in [1.165, 1.54) is 10.6 Å². The monoisotopic (exact) mass is 283 g/mol. The molecule has 0 amide bonds. The second-order valence-corrected chi connectivity index (χ2v) is 6.90. The largest absolute Gasteiger partial charge is 0.348 e. The summed E-state index contributed by atoms with van der Waals surface area (Å²) in [6.07, 6.45) is 0. The molecule has 0 radical (unpaired) electrons. The van der Waals surface area contributed by atoms with Gasteiger partial charge in [-0.15, -0.1) is 11.3 Å². The Morgan fingerprint density at radius 3 is 2.32 bits per heavy atom. The van der Waals surface area contributed by atoms with Crippen molar-refractivity contribution in [1.29, 1.82) is 0 Å². The van der Waals surface area contributed by atoms with Crippen LogP contribution in [-0.4, -0.2) is 24.6 Å². The fourth-order valence-corrected chi connectivity index (χ4v) is 3.17. The highest BCUT2D eigenvalue weighted by molar-refractivity contribution is 7.15. The molecule has 0 bridgehead atoms. The maximum absolute atomic E-state index is 4.87. The average molecular weight is 283 g/mol. The smallest absolute Gasteiger partial charge is 0.185 e. The normalized spacial score (nSPS) is 13.3. The van der Waals surface area contributed by atoms with E-state index in [0.717, 1.165) is 18.2 Å². The molecule has 0 spiro atoms. The van der Waals surface area contributed by atoms with E-state index in [1.807, 2.05) is 11.3 Å². The fraction of sp³-hybridized carbons (Fsp3) is 0.800. The molecule has 0 saturated carbocycles. The molecule has 1 rings (SSSR count). The summed E-state index contributed by atoms with van der Waals surface area (Å²) in [5.41, 5.74) is 1.25. The van der Waals surface area contributed by atoms with Crippen LogP contribution in [0.2, 0.25) is 0 Å². The molecule has 19 heavy (non-hydrogen) atoms. The molecule has 1 heterocycles. The van der Waals surface area contributed by atoms with E-state index < -0.39 is 0 Å². The zero-order valence-corrected chi connectivity index (χ0v) is 14.3. The summed E-state index contributed by atoms with van der Waals surface area (Å²) in [7, 11) is 2.16. The summed E-state index contributed by atoms with van der Waals surface area (Å²) >= 11 is 1.83. The summed E-state index contributed by atoms with van der Waals surface area (Å²) in [5, 5.41) is 4.57. The van der Waals surface area contributed by atoms with Crippen molar-refractivity contribution in [1.82, 2.24) is 10.3 Å². The third kappa shape index (κ3) is 4.18. The molecule has 0 aromatic carbocycles. The first-order chi connectivity index (χ1) is 8.88. The lowest BCUT2D eigenvalue weighted by Gasteiger charge is -2.27. The van der Waals surface area contributed by atoms with Crippen molar-refractivity contribution in [3.63, 3.8) is 0 Å². The molecule has 1 aromatic rings. The summed E-state index contributed by atoms with van der Waals surface area (Å²) in [5.74, 6) is 1.12. The number of hydrogen-bond acceptors (Lipinski definition) is 4. The molecule has 1 unspecified atom stereocenters. The van der Waals surface area contributed by atoms with Crippen molar-refractivity contribution in [3.8, 4) is 0 Å². The Hall–Kier alpha value is -0.610. The van der Waals surface area contributed by atoms with Crippen molar-refractivity contribution >= 4 is 16.5 Å². The van der Waals surface area contributed by atoms with Gasteiger partial charge in [-0.25, -0.2) is 4.98 Å². The van der Waals surface area contributed by atoms with Gasteiger partial charge in [-0.3, -0.25) is 0 Å². The van der Waals surface area contributed by atoms with E-state index >= 15 is 0 Å². The molecule has 0 fully saturated rings. The fourth-order valence-electron chi connectivity index (χ4n) is 1.94. The molecule has 3 nitrogen and oxygen atoms in total. The zero-order valence-electron chi connectivity index (χ0n) is 13.4. The van der Waals surface area contributed by atoms with Gasteiger partial charge in [0.25, 0.3) is 0 Å². The minimum absolute atomic E-state index is 0.487. The number of nitrogens with one attached hydrogen (secondary N) is 1. The van der Waals surface area contributed by atoms with Crippen LogP contribution in [0.3, 0.4) is 0 Å². The van der Waals surface area contributed by atoms with Crippen LogP contribution in [-0.2, 0) is 6.54 Å². The second kappa shape index (κ2) is 7.25. The third-order valence-corrected chi connectivity index (χ3v) is 4.84. The Bertz CT molecular complexity index is 385. The third-order valence-electron chi connectivity index (χ3n) is 3.68. The van der Waals surface area contributed by atoms with Crippen LogP contribution in [0, 0.1) is 5.92 Å². The highest BCUT2D eigenvalue weighted by atomic mass is 32.1. The Morgan fingerprint density at radius 1 is 1.21 bits per heavy atom. The van der Waals surface area contributed by atoms with Crippen LogP contribution in [0.1, 0.15) is 58.0 Å². The Labute approximate surface area is 122 Å². The highest BCUT2D eigenvalue weighted by Crippen LogP contribution is 2.31. The number of rotatable bonds is 7. The van der Waals surface area contributed by atoms with Crippen LogP contribution < -0.4 is 10.2 Å². The SMILES string of the molecule is CCNCc1sc(N(C)C(C)C(C)C)nc1C(C)C. The molecule has 1 N–H and O–H groups in total. The first-order valence-corrected chi connectivity index (χ1v) is 8.13. The van der Waals surface area contributed by atoms with Gasteiger partial charge in [0.2, 0.25) is 0 Å². The lowest BCUT2D eigenvalue weighted by atomic mass is 10.1. The van der Waals surface area contributed by atoms with E-state index in [4.69, 9.17) is 4.98 Å². The maximum Gasteiger partial charge on any atom is 0.185 e. The molecule has 110 valence electrons. The first kappa shape index (κ1) is 16.4. The van der Waals surface area contributed by atoms with Gasteiger partial charge < -0.3 is 10.2 Å². The minimum atomic E-state index is 0.487. The topological polar surface area (TPSA) is 28.2 Å². The lowest BCUT2D eigenvalue weighted by molar-refractivity contribution is 0.504. The predicted molar refractivity (Wildman–Crippen MR) is 86.3 cm³/mol. The molecule has 0 aliphatic carbocycles. The van der Waals surface area contributed by atoms with Crippen molar-refractivity contribution in [2.45, 2.75) is 60.0 Å². The summed E-state index contributed by atoms with van der Waals surface area (Å²) in [6, 6.07) is 0.512. The number of nitrogens with zero attached hydrogens (tertiary/aromatic N) is 2. The lowest BCUT2D eigenvalue weighted by Crippen LogP contribution is -2.33. The summed E-state index contributed by atoms with van der Waals surface area (Å²) in [4.78, 5) is 8.57. The van der Waals surface area contributed by atoms with Crippen molar-refractivity contribution in [2.24, 2.45) is 5.92 Å². The number of anilines is 1. The minimum Gasteiger partial charge on any atom is -0.348 e. The molecular formula is C15H29N3S. The molecule has 4 heteroatoms. The van der Waals surface area contributed by atoms with Crippen molar-refractivity contribution in [2.75, 3.05) is 18.5 Å². The van der Waals surface area contributed by atoms with Gasteiger partial charge >= 0.3 is 0 Å². The van der Waals surface area contributed by atoms with Gasteiger partial charge in [0.05, 0.1) is 5.69 Å². The van der Waals surface area contributed by atoms with Crippen LogP contribution >= 0.6 is 11.3 Å². The van der Waals surface area contributed by atoms with Gasteiger partial charge in [0.1, 0.15) is 0 Å². The summed E-state index contributed by atoms with van der Waals surface area (Å²) < 4.78 is 0. The van der Waals surface area contributed by atoms with Gasteiger partial charge in [0, 0.05) is 24.5 Å². The predicted octanol–water partition coefficient (Wildman–Crippen LogP) is 3.86. The van der Waals surface area contributed by atoms with Crippen LogP contribution in [0.5, 0.6) is 0 Å². The van der Waals surface area contributed by atoms with E-state index in [0.29, 0.717) is 17.9 Å². The van der Waals surface area contributed by atoms with E-state index in [9.17, 15) is 0 Å². The van der Waals surface area contributed by atoms with Crippen LogP contribution in [0.15, 0.2) is 0 Å². The van der Waals surface area contributed by atoms with Crippen LogP contribution in [0.4, 0.5) is 5.13 Å². The second-order valence-electron chi connectivity index (χ2n) is 5.84. The zero-order chi connectivity index (χ0) is 14.6. The van der Waals surface area contributed by atoms with Gasteiger partial charge in [0.15, 0.2) is 5.13 Å². The number of hydrogen-bond donors (Lipinski definition) is 1. The van der Waals surface area contributed by atoms with E-state index in [2.05, 4.69) is 58.8 Å². The molecule has 1 atom stereocenters.